The summed E-state index contributed by atoms with van der Waals surface area (Å²) in [5.41, 5.74) is 13.5. The summed E-state index contributed by atoms with van der Waals surface area (Å²) >= 11 is 0. The van der Waals surface area contributed by atoms with Gasteiger partial charge in [-0.3, -0.25) is 10.7 Å². The smallest absolute Gasteiger partial charge is 0.276 e. The van der Waals surface area contributed by atoms with E-state index >= 15 is 0 Å². The summed E-state index contributed by atoms with van der Waals surface area (Å²) in [4.78, 5) is 8.88. The summed E-state index contributed by atoms with van der Waals surface area (Å²) in [5.74, 6) is 0.171. The Bertz CT molecular complexity index is 1200. The molecule has 0 unspecified atom stereocenters. The summed E-state index contributed by atoms with van der Waals surface area (Å²) < 4.78 is 30.8. The monoisotopic (exact) mass is 468 g/mol. The van der Waals surface area contributed by atoms with Crippen molar-refractivity contribution in [3.8, 4) is 0 Å². The van der Waals surface area contributed by atoms with Crippen LogP contribution in [0.2, 0.25) is 0 Å². The van der Waals surface area contributed by atoms with E-state index in [9.17, 15) is 8.78 Å². The third-order valence-corrected chi connectivity index (χ3v) is 6.15. The van der Waals surface area contributed by atoms with E-state index in [1.54, 1.807) is 6.07 Å². The average molecular weight is 469 g/mol. The molecule has 0 spiro atoms. The number of rotatable bonds is 6. The number of nitrogens with two attached hydrogens (primary N) is 2. The largest absolute Gasteiger partial charge is 0.384 e. The number of pyridine rings is 3. The van der Waals surface area contributed by atoms with Crippen LogP contribution in [-0.2, 0) is 29.2 Å². The molecule has 182 valence electrons. The molecular formula is C27H36F2N5+. The maximum atomic E-state index is 14.5. The number of halogens is 2. The molecule has 0 saturated carbocycles. The molecule has 5 nitrogen and oxygen atoms in total. The molecule has 0 amide bonds. The van der Waals surface area contributed by atoms with Gasteiger partial charge in [-0.25, -0.2) is 18.3 Å². The fraction of sp³-hybridized carbons (Fsp3) is 0.444. The average Bonchev–Trinajstić information content (AvgIpc) is 2.71. The van der Waals surface area contributed by atoms with E-state index in [0.29, 0.717) is 30.2 Å². The maximum Gasteiger partial charge on any atom is 0.276 e. The van der Waals surface area contributed by atoms with Crippen LogP contribution in [0.4, 0.5) is 20.4 Å². The van der Waals surface area contributed by atoms with Gasteiger partial charge in [-0.05, 0) is 42.8 Å². The molecule has 0 fully saturated rings. The van der Waals surface area contributed by atoms with Crippen LogP contribution in [0.1, 0.15) is 71.1 Å². The van der Waals surface area contributed by atoms with Gasteiger partial charge >= 0.3 is 0 Å². The number of nitrogen functional groups attached to an aromatic ring is 2. The molecule has 34 heavy (non-hydrogen) atoms. The molecule has 3 heterocycles. The van der Waals surface area contributed by atoms with Crippen molar-refractivity contribution in [1.29, 1.82) is 0 Å². The highest BCUT2D eigenvalue weighted by Crippen LogP contribution is 2.32. The Morgan fingerprint density at radius 1 is 0.794 bits per heavy atom. The van der Waals surface area contributed by atoms with Crippen molar-refractivity contribution < 1.29 is 13.3 Å². The van der Waals surface area contributed by atoms with E-state index in [0.717, 1.165) is 11.3 Å². The predicted octanol–water partition coefficient (Wildman–Crippen LogP) is 5.00. The Morgan fingerprint density at radius 3 is 2.06 bits per heavy atom. The highest BCUT2D eigenvalue weighted by Gasteiger charge is 2.33. The molecule has 3 rings (SSSR count). The van der Waals surface area contributed by atoms with Crippen LogP contribution in [0.5, 0.6) is 0 Å². The summed E-state index contributed by atoms with van der Waals surface area (Å²) in [6, 6.07) is 9.94. The van der Waals surface area contributed by atoms with Crippen LogP contribution in [0.15, 0.2) is 42.6 Å². The second kappa shape index (κ2) is 8.93. The lowest BCUT2D eigenvalue weighted by molar-refractivity contribution is -0.691. The van der Waals surface area contributed by atoms with Crippen molar-refractivity contribution in [1.82, 2.24) is 9.97 Å². The van der Waals surface area contributed by atoms with Gasteiger partial charge < -0.3 is 5.73 Å². The molecule has 0 radical (unpaired) electrons. The summed E-state index contributed by atoms with van der Waals surface area (Å²) in [6.45, 7) is 14.3. The number of hydrogen-bond acceptors (Lipinski definition) is 4. The fourth-order valence-electron chi connectivity index (χ4n) is 4.36. The first kappa shape index (κ1) is 25.5. The number of aromatic nitrogens is 3. The van der Waals surface area contributed by atoms with Crippen molar-refractivity contribution >= 4 is 11.6 Å². The van der Waals surface area contributed by atoms with Crippen LogP contribution >= 0.6 is 0 Å². The molecule has 3 aromatic rings. The van der Waals surface area contributed by atoms with Gasteiger partial charge in [-0.1, -0.05) is 48.5 Å². The van der Waals surface area contributed by atoms with Crippen molar-refractivity contribution in [3.05, 3.63) is 76.9 Å². The minimum absolute atomic E-state index is 0.277. The predicted molar refractivity (Wildman–Crippen MR) is 132 cm³/mol. The van der Waals surface area contributed by atoms with Crippen LogP contribution in [0.3, 0.4) is 0 Å². The Kier molecular flexibility index (Phi) is 6.71. The van der Waals surface area contributed by atoms with E-state index in [4.69, 9.17) is 11.5 Å². The Morgan fingerprint density at radius 2 is 1.41 bits per heavy atom. The Hall–Kier alpha value is -3.09. The highest BCUT2D eigenvalue weighted by molar-refractivity contribution is 5.41. The van der Waals surface area contributed by atoms with Crippen LogP contribution in [-0.4, -0.2) is 9.97 Å². The van der Waals surface area contributed by atoms with Gasteiger partial charge in [0.2, 0.25) is 0 Å². The first-order valence-corrected chi connectivity index (χ1v) is 11.5. The van der Waals surface area contributed by atoms with Gasteiger partial charge in [-0.15, -0.1) is 0 Å². The van der Waals surface area contributed by atoms with Gasteiger partial charge in [-0.2, -0.15) is 0 Å². The maximum absolute atomic E-state index is 14.5. The van der Waals surface area contributed by atoms with Crippen LogP contribution in [0, 0.1) is 11.6 Å². The zero-order chi connectivity index (χ0) is 25.5. The zero-order valence-electron chi connectivity index (χ0n) is 21.2. The zero-order valence-corrected chi connectivity index (χ0v) is 21.2. The quantitative estimate of drug-likeness (QED) is 0.499. The number of nitrogens with zero attached hydrogens (tertiary/aromatic N) is 3. The van der Waals surface area contributed by atoms with E-state index in [1.807, 2.05) is 57.5 Å². The Balaban J connectivity index is 1.94. The molecule has 0 aliphatic rings. The Labute approximate surface area is 201 Å². The van der Waals surface area contributed by atoms with E-state index in [2.05, 4.69) is 23.8 Å². The molecule has 4 N–H and O–H groups in total. The van der Waals surface area contributed by atoms with Crippen molar-refractivity contribution in [3.63, 3.8) is 0 Å². The normalized spacial score (nSPS) is 12.7. The van der Waals surface area contributed by atoms with Crippen LogP contribution < -0.4 is 16.0 Å². The minimum atomic E-state index is -0.652. The van der Waals surface area contributed by atoms with Crippen molar-refractivity contribution in [2.45, 2.75) is 77.7 Å². The summed E-state index contributed by atoms with van der Waals surface area (Å²) in [6.07, 6.45) is 2.47. The van der Waals surface area contributed by atoms with Gasteiger partial charge in [0, 0.05) is 27.5 Å². The third kappa shape index (κ3) is 5.34. The second-order valence-electron chi connectivity index (χ2n) is 11.3. The van der Waals surface area contributed by atoms with E-state index in [1.165, 1.54) is 18.2 Å². The summed E-state index contributed by atoms with van der Waals surface area (Å²) in [7, 11) is 0. The molecule has 0 aliphatic carbocycles. The summed E-state index contributed by atoms with van der Waals surface area (Å²) in [5, 5.41) is 0. The number of hydrogen-bond donors (Lipinski definition) is 2. The van der Waals surface area contributed by atoms with Gasteiger partial charge in [0.05, 0.1) is 17.6 Å². The standard InChI is InChI=1S/C27H35F2N5/c1-25(2,3)22-19(28)11-10-17(32-22)15-26(4,5)18-9-8-14-34(24(18)31)16-27(6,7)23-20(29)12-13-21(30)33-23/h8-14,31H,15-16H2,1-7H3,(H2,30,33)/p+1. The highest BCUT2D eigenvalue weighted by atomic mass is 19.1. The topological polar surface area (TPSA) is 81.7 Å². The van der Waals surface area contributed by atoms with Gasteiger partial charge in [0.1, 0.15) is 24.0 Å². The fourth-order valence-corrected chi connectivity index (χ4v) is 4.36. The molecule has 0 saturated heterocycles. The van der Waals surface area contributed by atoms with Crippen LogP contribution in [0.25, 0.3) is 0 Å². The third-order valence-electron chi connectivity index (χ3n) is 6.15. The van der Waals surface area contributed by atoms with E-state index in [-0.39, 0.29) is 17.1 Å². The first-order chi connectivity index (χ1) is 15.6. The lowest BCUT2D eigenvalue weighted by Gasteiger charge is -2.28. The second-order valence-corrected chi connectivity index (χ2v) is 11.3. The van der Waals surface area contributed by atoms with Gasteiger partial charge in [0.25, 0.3) is 5.82 Å². The SMILES string of the molecule is CC(C)(C)c1nc(CC(C)(C)c2ccc[n+](CC(C)(C)c3nc(N)ccc3F)c2N)ccc1F. The van der Waals surface area contributed by atoms with Crippen molar-refractivity contribution in [2.75, 3.05) is 11.5 Å². The molecule has 0 bridgehead atoms. The van der Waals surface area contributed by atoms with E-state index < -0.39 is 16.6 Å². The molecule has 0 aliphatic heterocycles. The number of anilines is 2. The minimum Gasteiger partial charge on any atom is -0.384 e. The molecule has 0 atom stereocenters. The van der Waals surface area contributed by atoms with Crippen molar-refractivity contribution in [2.24, 2.45) is 0 Å². The molecule has 7 heteroatoms. The molecule has 3 aromatic heterocycles. The lowest BCUT2D eigenvalue weighted by Crippen LogP contribution is -2.47. The first-order valence-electron chi connectivity index (χ1n) is 11.5. The molecule has 0 aromatic carbocycles. The van der Waals surface area contributed by atoms with Gasteiger partial charge in [0.15, 0.2) is 0 Å². The lowest BCUT2D eigenvalue weighted by atomic mass is 9.80. The molecular weight excluding hydrogens is 432 g/mol.